The van der Waals surface area contributed by atoms with Crippen molar-refractivity contribution in [2.75, 3.05) is 6.54 Å². The molecule has 1 amide bonds. The highest BCUT2D eigenvalue weighted by Crippen LogP contribution is 2.22. The van der Waals surface area contributed by atoms with Crippen LogP contribution in [0.1, 0.15) is 48.1 Å². The molecule has 156 valence electrons. The van der Waals surface area contributed by atoms with E-state index in [1.165, 1.54) is 0 Å². The number of carbonyl (C=O) groups is 2. The molecule has 0 unspecified atom stereocenters. The van der Waals surface area contributed by atoms with Gasteiger partial charge in [-0.05, 0) is 35.6 Å². The van der Waals surface area contributed by atoms with Gasteiger partial charge in [-0.3, -0.25) is 9.59 Å². The molecule has 1 heterocycles. The molecule has 0 saturated carbocycles. The molecule has 0 atom stereocenters. The zero-order valence-electron chi connectivity index (χ0n) is 17.6. The van der Waals surface area contributed by atoms with Crippen LogP contribution in [0.25, 0.3) is 11.4 Å². The maximum Gasteiger partial charge on any atom is 0.325 e. The Balaban J connectivity index is 1.48. The number of hydrogen-bond acceptors (Lipinski definition) is 6. The van der Waals surface area contributed by atoms with Crippen LogP contribution in [0.2, 0.25) is 0 Å². The van der Waals surface area contributed by atoms with Crippen molar-refractivity contribution in [2.24, 2.45) is 0 Å². The maximum atomic E-state index is 12.2. The summed E-state index contributed by atoms with van der Waals surface area (Å²) >= 11 is 0. The lowest BCUT2D eigenvalue weighted by Crippen LogP contribution is -2.30. The van der Waals surface area contributed by atoms with Gasteiger partial charge in [-0.25, -0.2) is 0 Å². The van der Waals surface area contributed by atoms with Gasteiger partial charge in [0, 0.05) is 11.1 Å². The van der Waals surface area contributed by atoms with Gasteiger partial charge >= 0.3 is 5.97 Å². The Morgan fingerprint density at radius 2 is 1.77 bits per heavy atom. The van der Waals surface area contributed by atoms with E-state index in [1.807, 2.05) is 43.3 Å². The van der Waals surface area contributed by atoms with E-state index in [0.717, 1.165) is 16.7 Å². The minimum absolute atomic E-state index is 0.00658. The van der Waals surface area contributed by atoms with Gasteiger partial charge in [0.15, 0.2) is 6.61 Å². The first-order valence-corrected chi connectivity index (χ1v) is 9.67. The molecule has 7 heteroatoms. The van der Waals surface area contributed by atoms with Crippen LogP contribution in [0.4, 0.5) is 0 Å². The molecule has 0 fully saturated rings. The smallest absolute Gasteiger partial charge is 0.325 e. The first-order chi connectivity index (χ1) is 14.2. The number of nitrogens with zero attached hydrogens (tertiary/aromatic N) is 2. The highest BCUT2D eigenvalue weighted by Gasteiger charge is 2.16. The van der Waals surface area contributed by atoms with Crippen molar-refractivity contribution in [1.29, 1.82) is 0 Å². The third kappa shape index (κ3) is 5.31. The van der Waals surface area contributed by atoms with Gasteiger partial charge in [0.1, 0.15) is 6.54 Å². The lowest BCUT2D eigenvalue weighted by molar-refractivity contribution is -0.144. The van der Waals surface area contributed by atoms with Crippen LogP contribution in [-0.2, 0) is 21.6 Å². The summed E-state index contributed by atoms with van der Waals surface area (Å²) in [4.78, 5) is 28.4. The fourth-order valence-corrected chi connectivity index (χ4v) is 2.82. The maximum absolute atomic E-state index is 12.2. The van der Waals surface area contributed by atoms with E-state index >= 15 is 0 Å². The highest BCUT2D eigenvalue weighted by atomic mass is 16.6. The standard InChI is InChI=1S/C23H25N3O4/c1-15-7-5-6-8-18(15)21-25-19(30-26-21)14-29-20(27)13-24-22(28)16-9-11-17(12-10-16)23(2,3)4/h5-12H,13-14H2,1-4H3,(H,24,28). The van der Waals surface area contributed by atoms with Gasteiger partial charge in [0.05, 0.1) is 0 Å². The minimum atomic E-state index is -0.592. The number of aromatic nitrogens is 2. The molecule has 1 aromatic heterocycles. The Hall–Kier alpha value is -3.48. The zero-order chi connectivity index (χ0) is 21.7. The molecule has 2 aromatic carbocycles. The summed E-state index contributed by atoms with van der Waals surface area (Å²) < 4.78 is 10.2. The lowest BCUT2D eigenvalue weighted by atomic mass is 9.87. The van der Waals surface area contributed by atoms with E-state index in [-0.39, 0.29) is 30.4 Å². The number of carbonyl (C=O) groups excluding carboxylic acids is 2. The van der Waals surface area contributed by atoms with Crippen molar-refractivity contribution < 1.29 is 18.8 Å². The van der Waals surface area contributed by atoms with Crippen LogP contribution >= 0.6 is 0 Å². The van der Waals surface area contributed by atoms with Crippen molar-refractivity contribution in [2.45, 2.75) is 39.7 Å². The monoisotopic (exact) mass is 407 g/mol. The van der Waals surface area contributed by atoms with E-state index in [9.17, 15) is 9.59 Å². The zero-order valence-corrected chi connectivity index (χ0v) is 17.6. The molecule has 0 radical (unpaired) electrons. The van der Waals surface area contributed by atoms with Crippen molar-refractivity contribution in [3.8, 4) is 11.4 Å². The van der Waals surface area contributed by atoms with E-state index in [0.29, 0.717) is 11.4 Å². The van der Waals surface area contributed by atoms with Crippen LogP contribution < -0.4 is 5.32 Å². The molecule has 0 saturated heterocycles. The van der Waals surface area contributed by atoms with Gasteiger partial charge in [0.25, 0.3) is 11.8 Å². The quantitative estimate of drug-likeness (QED) is 0.625. The Bertz CT molecular complexity index is 1030. The Morgan fingerprint density at radius 1 is 1.07 bits per heavy atom. The van der Waals surface area contributed by atoms with Crippen LogP contribution in [0.3, 0.4) is 0 Å². The molecule has 0 spiro atoms. The van der Waals surface area contributed by atoms with Crippen molar-refractivity contribution in [3.05, 3.63) is 71.1 Å². The molecule has 0 aliphatic heterocycles. The normalized spacial score (nSPS) is 11.2. The van der Waals surface area contributed by atoms with Crippen LogP contribution in [-0.4, -0.2) is 28.6 Å². The van der Waals surface area contributed by atoms with Gasteiger partial charge < -0.3 is 14.6 Å². The van der Waals surface area contributed by atoms with Gasteiger partial charge in [-0.2, -0.15) is 4.98 Å². The van der Waals surface area contributed by atoms with Gasteiger partial charge in [-0.15, -0.1) is 0 Å². The predicted molar refractivity (Wildman–Crippen MR) is 112 cm³/mol. The third-order valence-corrected chi connectivity index (χ3v) is 4.62. The highest BCUT2D eigenvalue weighted by molar-refractivity contribution is 5.95. The lowest BCUT2D eigenvalue weighted by Gasteiger charge is -2.19. The number of nitrogens with one attached hydrogen (secondary N) is 1. The number of ether oxygens (including phenoxy) is 1. The average molecular weight is 407 g/mol. The Morgan fingerprint density at radius 3 is 2.43 bits per heavy atom. The van der Waals surface area contributed by atoms with Crippen LogP contribution in [0.15, 0.2) is 53.1 Å². The number of amides is 1. The predicted octanol–water partition coefficient (Wildman–Crippen LogP) is 3.82. The second-order valence-electron chi connectivity index (χ2n) is 8.00. The number of aryl methyl sites for hydroxylation is 1. The summed E-state index contributed by atoms with van der Waals surface area (Å²) in [6.07, 6.45) is 0. The van der Waals surface area contributed by atoms with Crippen molar-refractivity contribution >= 4 is 11.9 Å². The topological polar surface area (TPSA) is 94.3 Å². The minimum Gasteiger partial charge on any atom is -0.454 e. The molecule has 3 aromatic rings. The molecular formula is C23H25N3O4. The van der Waals surface area contributed by atoms with Crippen molar-refractivity contribution in [1.82, 2.24) is 15.5 Å². The molecule has 0 aliphatic rings. The molecular weight excluding hydrogens is 382 g/mol. The number of rotatable bonds is 6. The molecule has 30 heavy (non-hydrogen) atoms. The van der Waals surface area contributed by atoms with Crippen LogP contribution in [0, 0.1) is 6.92 Å². The fourth-order valence-electron chi connectivity index (χ4n) is 2.82. The summed E-state index contributed by atoms with van der Waals surface area (Å²) in [6, 6.07) is 15.0. The van der Waals surface area contributed by atoms with Gasteiger partial charge in [-0.1, -0.05) is 62.3 Å². The molecule has 0 aliphatic carbocycles. The number of hydrogen-bond donors (Lipinski definition) is 1. The fraction of sp³-hybridized carbons (Fsp3) is 0.304. The SMILES string of the molecule is Cc1ccccc1-c1noc(COC(=O)CNC(=O)c2ccc(C(C)(C)C)cc2)n1. The van der Waals surface area contributed by atoms with E-state index in [1.54, 1.807) is 12.1 Å². The molecule has 1 N–H and O–H groups in total. The Kier molecular flexibility index (Phi) is 6.30. The summed E-state index contributed by atoms with van der Waals surface area (Å²) in [5.74, 6) is -0.311. The van der Waals surface area contributed by atoms with Gasteiger partial charge in [0.2, 0.25) is 5.82 Å². The molecule has 0 bridgehead atoms. The largest absolute Gasteiger partial charge is 0.454 e. The Labute approximate surface area is 175 Å². The molecule has 7 nitrogen and oxygen atoms in total. The number of benzene rings is 2. The summed E-state index contributed by atoms with van der Waals surface area (Å²) in [5.41, 5.74) is 3.48. The summed E-state index contributed by atoms with van der Waals surface area (Å²) in [5, 5.41) is 6.47. The van der Waals surface area contributed by atoms with E-state index < -0.39 is 5.97 Å². The number of esters is 1. The molecule has 3 rings (SSSR count). The third-order valence-electron chi connectivity index (χ3n) is 4.62. The second kappa shape index (κ2) is 8.90. The first-order valence-electron chi connectivity index (χ1n) is 9.67. The summed E-state index contributed by atoms with van der Waals surface area (Å²) in [6.45, 7) is 7.85. The average Bonchev–Trinajstić information content (AvgIpc) is 3.19. The second-order valence-corrected chi connectivity index (χ2v) is 8.00. The first kappa shape index (κ1) is 21.2. The van der Waals surface area contributed by atoms with Crippen LogP contribution in [0.5, 0.6) is 0 Å². The van der Waals surface area contributed by atoms with Crippen molar-refractivity contribution in [3.63, 3.8) is 0 Å². The van der Waals surface area contributed by atoms with E-state index in [2.05, 4.69) is 36.2 Å². The van der Waals surface area contributed by atoms with E-state index in [4.69, 9.17) is 9.26 Å². The summed E-state index contributed by atoms with van der Waals surface area (Å²) in [7, 11) is 0.